The van der Waals surface area contributed by atoms with Crippen molar-refractivity contribution in [2.45, 2.75) is 33.1 Å². The average Bonchev–Trinajstić information content (AvgIpc) is 2.60. The van der Waals surface area contributed by atoms with Gasteiger partial charge in [0.15, 0.2) is 0 Å². The summed E-state index contributed by atoms with van der Waals surface area (Å²) in [5.74, 6) is -0.122. The maximum atomic E-state index is 12.1. The van der Waals surface area contributed by atoms with Gasteiger partial charge in [-0.15, -0.1) is 0 Å². The molecule has 0 bridgehead atoms. The van der Waals surface area contributed by atoms with Crippen LogP contribution in [0.25, 0.3) is 0 Å². The van der Waals surface area contributed by atoms with Gasteiger partial charge in [-0.2, -0.15) is 0 Å². The fourth-order valence-electron chi connectivity index (χ4n) is 2.63. The standard InChI is InChI=1S/C20H26N2O3S/c1-4-17-9-13-19(14-10-17)22(26(3,24)25)15-5-6-20(23)21-18-11-7-16(2)8-12-18/h7-14H,4-6,15H2,1-3H3,(H,21,23). The lowest BCUT2D eigenvalue weighted by Gasteiger charge is -2.22. The van der Waals surface area contributed by atoms with Crippen LogP contribution in [0.2, 0.25) is 0 Å². The third-order valence-corrected chi connectivity index (χ3v) is 5.33. The lowest BCUT2D eigenvalue weighted by atomic mass is 10.1. The van der Waals surface area contributed by atoms with Crippen LogP contribution in [0.5, 0.6) is 0 Å². The molecule has 0 atom stereocenters. The number of rotatable bonds is 8. The Balaban J connectivity index is 1.94. The first-order chi connectivity index (χ1) is 12.3. The maximum absolute atomic E-state index is 12.1. The summed E-state index contributed by atoms with van der Waals surface area (Å²) in [6, 6.07) is 15.0. The third-order valence-electron chi connectivity index (χ3n) is 4.13. The van der Waals surface area contributed by atoms with Crippen molar-refractivity contribution in [1.82, 2.24) is 0 Å². The van der Waals surface area contributed by atoms with Crippen molar-refractivity contribution in [3.63, 3.8) is 0 Å². The quantitative estimate of drug-likeness (QED) is 0.765. The number of anilines is 2. The number of sulfonamides is 1. The van der Waals surface area contributed by atoms with E-state index in [-0.39, 0.29) is 18.9 Å². The summed E-state index contributed by atoms with van der Waals surface area (Å²) in [5.41, 5.74) is 3.65. The molecule has 0 spiro atoms. The lowest BCUT2D eigenvalue weighted by molar-refractivity contribution is -0.116. The van der Waals surface area contributed by atoms with E-state index < -0.39 is 10.0 Å². The third kappa shape index (κ3) is 5.88. The first kappa shape index (κ1) is 20.0. The van der Waals surface area contributed by atoms with Gasteiger partial charge in [-0.25, -0.2) is 8.42 Å². The minimum Gasteiger partial charge on any atom is -0.326 e. The van der Waals surface area contributed by atoms with Gasteiger partial charge in [-0.05, 0) is 49.6 Å². The van der Waals surface area contributed by atoms with Crippen LogP contribution >= 0.6 is 0 Å². The molecule has 0 aliphatic carbocycles. The molecule has 0 aliphatic heterocycles. The van der Waals surface area contributed by atoms with Crippen molar-refractivity contribution >= 4 is 27.3 Å². The predicted molar refractivity (Wildman–Crippen MR) is 107 cm³/mol. The van der Waals surface area contributed by atoms with Crippen LogP contribution in [-0.2, 0) is 21.2 Å². The zero-order valence-electron chi connectivity index (χ0n) is 15.5. The van der Waals surface area contributed by atoms with Gasteiger partial charge in [0.2, 0.25) is 15.9 Å². The van der Waals surface area contributed by atoms with Crippen LogP contribution in [0.4, 0.5) is 11.4 Å². The van der Waals surface area contributed by atoms with Crippen LogP contribution in [0.1, 0.15) is 30.9 Å². The zero-order valence-corrected chi connectivity index (χ0v) is 16.3. The minimum atomic E-state index is -3.40. The number of carbonyl (C=O) groups excluding carboxylic acids is 1. The van der Waals surface area contributed by atoms with E-state index in [1.54, 1.807) is 0 Å². The van der Waals surface area contributed by atoms with Gasteiger partial charge in [0, 0.05) is 18.7 Å². The number of carbonyl (C=O) groups is 1. The second-order valence-electron chi connectivity index (χ2n) is 6.37. The smallest absolute Gasteiger partial charge is 0.232 e. The molecule has 0 fully saturated rings. The van der Waals surface area contributed by atoms with Crippen LogP contribution in [-0.4, -0.2) is 27.1 Å². The molecule has 0 saturated carbocycles. The molecular weight excluding hydrogens is 348 g/mol. The van der Waals surface area contributed by atoms with Crippen molar-refractivity contribution in [1.29, 1.82) is 0 Å². The maximum Gasteiger partial charge on any atom is 0.232 e. The molecule has 6 heteroatoms. The van der Waals surface area contributed by atoms with Gasteiger partial charge in [0.1, 0.15) is 0 Å². The second-order valence-corrected chi connectivity index (χ2v) is 8.28. The number of hydrogen-bond acceptors (Lipinski definition) is 3. The van der Waals surface area contributed by atoms with Crippen molar-refractivity contribution in [3.8, 4) is 0 Å². The molecule has 2 rings (SSSR count). The summed E-state index contributed by atoms with van der Waals surface area (Å²) < 4.78 is 25.6. The summed E-state index contributed by atoms with van der Waals surface area (Å²) >= 11 is 0. The molecule has 2 aromatic carbocycles. The fourth-order valence-corrected chi connectivity index (χ4v) is 3.59. The SMILES string of the molecule is CCc1ccc(N(CCCC(=O)Nc2ccc(C)cc2)S(C)(=O)=O)cc1. The molecule has 140 valence electrons. The number of aryl methyl sites for hydroxylation is 2. The molecular formula is C20H26N2O3S. The van der Waals surface area contributed by atoms with Crippen molar-refractivity contribution in [2.75, 3.05) is 22.4 Å². The molecule has 0 radical (unpaired) electrons. The van der Waals surface area contributed by atoms with Crippen LogP contribution in [0, 0.1) is 6.92 Å². The summed E-state index contributed by atoms with van der Waals surface area (Å²) in [6.07, 6.45) is 2.79. The summed E-state index contributed by atoms with van der Waals surface area (Å²) in [5, 5.41) is 2.83. The molecule has 5 nitrogen and oxygen atoms in total. The van der Waals surface area contributed by atoms with Crippen molar-refractivity contribution in [3.05, 3.63) is 59.7 Å². The van der Waals surface area contributed by atoms with E-state index in [0.717, 1.165) is 23.2 Å². The number of nitrogens with one attached hydrogen (secondary N) is 1. The Kier molecular flexibility index (Phi) is 6.80. The van der Waals surface area contributed by atoms with Gasteiger partial charge >= 0.3 is 0 Å². The highest BCUT2D eigenvalue weighted by molar-refractivity contribution is 7.92. The Hall–Kier alpha value is -2.34. The molecule has 0 aliphatic rings. The number of benzene rings is 2. The summed E-state index contributed by atoms with van der Waals surface area (Å²) in [6.45, 7) is 4.31. The molecule has 1 amide bonds. The molecule has 26 heavy (non-hydrogen) atoms. The van der Waals surface area contributed by atoms with Gasteiger partial charge in [0.05, 0.1) is 11.9 Å². The largest absolute Gasteiger partial charge is 0.326 e. The van der Waals surface area contributed by atoms with Crippen molar-refractivity contribution < 1.29 is 13.2 Å². The van der Waals surface area contributed by atoms with Crippen LogP contribution in [0.3, 0.4) is 0 Å². The first-order valence-corrected chi connectivity index (χ1v) is 10.6. The summed E-state index contributed by atoms with van der Waals surface area (Å²) in [7, 11) is -3.40. The molecule has 2 aromatic rings. The topological polar surface area (TPSA) is 66.5 Å². The van der Waals surface area contributed by atoms with Gasteiger partial charge in [-0.3, -0.25) is 9.10 Å². The number of nitrogens with zero attached hydrogens (tertiary/aromatic N) is 1. The highest BCUT2D eigenvalue weighted by Gasteiger charge is 2.17. The zero-order chi connectivity index (χ0) is 19.2. The van der Waals surface area contributed by atoms with E-state index in [2.05, 4.69) is 12.2 Å². The molecule has 0 unspecified atom stereocenters. The van der Waals surface area contributed by atoms with Crippen LogP contribution < -0.4 is 9.62 Å². The minimum absolute atomic E-state index is 0.122. The van der Waals surface area contributed by atoms with Crippen molar-refractivity contribution in [2.24, 2.45) is 0 Å². The Bertz CT molecular complexity index is 828. The Morgan fingerprint density at radius 2 is 1.65 bits per heavy atom. The van der Waals surface area contributed by atoms with E-state index in [1.807, 2.05) is 55.5 Å². The summed E-state index contributed by atoms with van der Waals surface area (Å²) in [4.78, 5) is 12.1. The molecule has 1 N–H and O–H groups in total. The van der Waals surface area contributed by atoms with Crippen LogP contribution in [0.15, 0.2) is 48.5 Å². The number of hydrogen-bond donors (Lipinski definition) is 1. The average molecular weight is 375 g/mol. The van der Waals surface area contributed by atoms with Gasteiger partial charge < -0.3 is 5.32 Å². The van der Waals surface area contributed by atoms with E-state index in [9.17, 15) is 13.2 Å². The Labute approximate surface area is 156 Å². The monoisotopic (exact) mass is 374 g/mol. The van der Waals surface area contributed by atoms with Gasteiger partial charge in [0.25, 0.3) is 0 Å². The molecule has 0 aromatic heterocycles. The highest BCUT2D eigenvalue weighted by Crippen LogP contribution is 2.19. The van der Waals surface area contributed by atoms with E-state index in [0.29, 0.717) is 12.1 Å². The first-order valence-electron chi connectivity index (χ1n) is 8.73. The Morgan fingerprint density at radius 3 is 2.19 bits per heavy atom. The lowest BCUT2D eigenvalue weighted by Crippen LogP contribution is -2.31. The second kappa shape index (κ2) is 8.85. The predicted octanol–water partition coefficient (Wildman–Crippen LogP) is 3.74. The number of amides is 1. The molecule has 0 heterocycles. The van der Waals surface area contributed by atoms with E-state index in [1.165, 1.54) is 10.6 Å². The highest BCUT2D eigenvalue weighted by atomic mass is 32.2. The normalized spacial score (nSPS) is 11.2. The fraction of sp³-hybridized carbons (Fsp3) is 0.350. The van der Waals surface area contributed by atoms with Gasteiger partial charge in [-0.1, -0.05) is 36.8 Å². The Morgan fingerprint density at radius 1 is 1.04 bits per heavy atom. The van der Waals surface area contributed by atoms with E-state index in [4.69, 9.17) is 0 Å². The molecule has 0 saturated heterocycles. The van der Waals surface area contributed by atoms with E-state index >= 15 is 0 Å².